The predicted molar refractivity (Wildman–Crippen MR) is 61.3 cm³/mol. The summed E-state index contributed by atoms with van der Waals surface area (Å²) >= 11 is 0. The van der Waals surface area contributed by atoms with Gasteiger partial charge in [0.1, 0.15) is 5.82 Å². The zero-order chi connectivity index (χ0) is 11.4. The molecule has 2 atom stereocenters. The summed E-state index contributed by atoms with van der Waals surface area (Å²) < 4.78 is 13.7. The molecule has 1 aromatic rings. The first kappa shape index (κ1) is 11.1. The molecule has 0 aliphatic heterocycles. The highest BCUT2D eigenvalue weighted by Crippen LogP contribution is 2.37. The smallest absolute Gasteiger partial charge is 0.126 e. The van der Waals surface area contributed by atoms with E-state index in [0.29, 0.717) is 0 Å². The number of benzene rings is 1. The fourth-order valence-electron chi connectivity index (χ4n) is 2.61. The molecule has 1 aliphatic carbocycles. The Bertz CT molecular complexity index is 394. The van der Waals surface area contributed by atoms with Crippen LogP contribution in [-0.4, -0.2) is 0 Å². The summed E-state index contributed by atoms with van der Waals surface area (Å²) in [5.74, 6) is -0.0808. The van der Waals surface area contributed by atoms with Crippen molar-refractivity contribution in [1.29, 1.82) is 5.26 Å². The molecule has 1 nitrogen and oxygen atoms in total. The Hall–Kier alpha value is -1.36. The largest absolute Gasteiger partial charge is 0.207 e. The van der Waals surface area contributed by atoms with E-state index in [1.165, 1.54) is 12.5 Å². The summed E-state index contributed by atoms with van der Waals surface area (Å²) in [4.78, 5) is 0. The second-order valence-electron chi connectivity index (χ2n) is 4.50. The van der Waals surface area contributed by atoms with Gasteiger partial charge in [-0.25, -0.2) is 4.39 Å². The molecule has 0 aromatic heterocycles. The Morgan fingerprint density at radius 1 is 1.12 bits per heavy atom. The average molecular weight is 217 g/mol. The van der Waals surface area contributed by atoms with Gasteiger partial charge in [0.25, 0.3) is 0 Å². The zero-order valence-electron chi connectivity index (χ0n) is 9.32. The van der Waals surface area contributed by atoms with Gasteiger partial charge in [0.05, 0.1) is 12.0 Å². The van der Waals surface area contributed by atoms with E-state index in [9.17, 15) is 4.39 Å². The molecule has 16 heavy (non-hydrogen) atoms. The van der Waals surface area contributed by atoms with Crippen molar-refractivity contribution in [3.8, 4) is 6.07 Å². The minimum absolute atomic E-state index is 0.0144. The SMILES string of the molecule is N#CC1CCCCCC1c1ccccc1F. The molecule has 1 fully saturated rings. The van der Waals surface area contributed by atoms with E-state index >= 15 is 0 Å². The molecule has 2 heteroatoms. The van der Waals surface area contributed by atoms with Crippen LogP contribution >= 0.6 is 0 Å². The van der Waals surface area contributed by atoms with E-state index in [2.05, 4.69) is 6.07 Å². The van der Waals surface area contributed by atoms with E-state index in [1.54, 1.807) is 6.07 Å². The topological polar surface area (TPSA) is 23.8 Å². The lowest BCUT2D eigenvalue weighted by atomic mass is 9.83. The summed E-state index contributed by atoms with van der Waals surface area (Å²) in [5.41, 5.74) is 0.732. The van der Waals surface area contributed by atoms with Crippen molar-refractivity contribution in [2.75, 3.05) is 0 Å². The third-order valence-electron chi connectivity index (χ3n) is 3.49. The average Bonchev–Trinajstić information content (AvgIpc) is 2.54. The minimum Gasteiger partial charge on any atom is -0.207 e. The Balaban J connectivity index is 2.30. The second kappa shape index (κ2) is 5.12. The van der Waals surface area contributed by atoms with Crippen LogP contribution in [0.3, 0.4) is 0 Å². The van der Waals surface area contributed by atoms with Crippen molar-refractivity contribution in [2.24, 2.45) is 5.92 Å². The van der Waals surface area contributed by atoms with Crippen LogP contribution in [0.1, 0.15) is 43.6 Å². The monoisotopic (exact) mass is 217 g/mol. The number of halogens is 1. The number of rotatable bonds is 1. The van der Waals surface area contributed by atoms with E-state index in [-0.39, 0.29) is 17.7 Å². The molecule has 1 saturated carbocycles. The minimum atomic E-state index is -0.158. The molecule has 0 amide bonds. The number of hydrogen-bond acceptors (Lipinski definition) is 1. The molecule has 84 valence electrons. The number of nitrogens with zero attached hydrogens (tertiary/aromatic N) is 1. The summed E-state index contributed by atoms with van der Waals surface area (Å²) in [6.07, 6.45) is 5.23. The van der Waals surface area contributed by atoms with Gasteiger partial charge < -0.3 is 0 Å². The summed E-state index contributed by atoms with van der Waals surface area (Å²) in [5, 5.41) is 9.17. The highest BCUT2D eigenvalue weighted by Gasteiger charge is 2.26. The highest BCUT2D eigenvalue weighted by molar-refractivity contribution is 5.24. The summed E-state index contributed by atoms with van der Waals surface area (Å²) in [6.45, 7) is 0. The Labute approximate surface area is 95.9 Å². The summed E-state index contributed by atoms with van der Waals surface area (Å²) in [7, 11) is 0. The standard InChI is InChI=1S/C14H16FN/c15-14-9-5-4-8-13(14)12-7-3-1-2-6-11(12)10-16/h4-5,8-9,11-12H,1-3,6-7H2. The lowest BCUT2D eigenvalue weighted by Crippen LogP contribution is -2.11. The van der Waals surface area contributed by atoms with Crippen LogP contribution in [-0.2, 0) is 0 Å². The van der Waals surface area contributed by atoms with Crippen molar-refractivity contribution in [2.45, 2.75) is 38.0 Å². The van der Waals surface area contributed by atoms with Crippen molar-refractivity contribution in [1.82, 2.24) is 0 Å². The van der Waals surface area contributed by atoms with Gasteiger partial charge in [0.15, 0.2) is 0 Å². The maximum Gasteiger partial charge on any atom is 0.126 e. The van der Waals surface area contributed by atoms with Crippen LogP contribution in [0.25, 0.3) is 0 Å². The van der Waals surface area contributed by atoms with Crippen molar-refractivity contribution in [3.05, 3.63) is 35.6 Å². The van der Waals surface area contributed by atoms with Gasteiger partial charge in [-0.3, -0.25) is 0 Å². The Morgan fingerprint density at radius 3 is 2.62 bits per heavy atom. The molecule has 0 bridgehead atoms. The first-order valence-corrected chi connectivity index (χ1v) is 5.97. The second-order valence-corrected chi connectivity index (χ2v) is 4.50. The lowest BCUT2D eigenvalue weighted by Gasteiger charge is -2.20. The van der Waals surface area contributed by atoms with E-state index in [4.69, 9.17) is 5.26 Å². The lowest BCUT2D eigenvalue weighted by molar-refractivity contribution is 0.466. The molecule has 0 N–H and O–H groups in total. The third kappa shape index (κ3) is 2.24. The molecular weight excluding hydrogens is 201 g/mol. The first-order chi connectivity index (χ1) is 7.83. The molecule has 0 radical (unpaired) electrons. The van der Waals surface area contributed by atoms with Crippen LogP contribution in [0.15, 0.2) is 24.3 Å². The summed E-state index contributed by atoms with van der Waals surface area (Å²) in [6, 6.07) is 9.24. The maximum atomic E-state index is 13.7. The van der Waals surface area contributed by atoms with Crippen LogP contribution in [0, 0.1) is 23.1 Å². The molecular formula is C14H16FN. The highest BCUT2D eigenvalue weighted by atomic mass is 19.1. The van der Waals surface area contributed by atoms with E-state index in [1.807, 2.05) is 12.1 Å². The van der Waals surface area contributed by atoms with Crippen LogP contribution < -0.4 is 0 Å². The van der Waals surface area contributed by atoms with Crippen molar-refractivity contribution >= 4 is 0 Å². The van der Waals surface area contributed by atoms with Crippen LogP contribution in [0.2, 0.25) is 0 Å². The first-order valence-electron chi connectivity index (χ1n) is 5.97. The third-order valence-corrected chi connectivity index (χ3v) is 3.49. The number of nitriles is 1. The van der Waals surface area contributed by atoms with E-state index < -0.39 is 0 Å². The van der Waals surface area contributed by atoms with Gasteiger partial charge in [-0.2, -0.15) is 5.26 Å². The molecule has 0 heterocycles. The molecule has 2 unspecified atom stereocenters. The zero-order valence-corrected chi connectivity index (χ0v) is 9.32. The molecule has 0 spiro atoms. The van der Waals surface area contributed by atoms with Gasteiger partial charge in [0.2, 0.25) is 0 Å². The van der Waals surface area contributed by atoms with Crippen LogP contribution in [0.4, 0.5) is 4.39 Å². The molecule has 2 rings (SSSR count). The van der Waals surface area contributed by atoms with Gasteiger partial charge >= 0.3 is 0 Å². The van der Waals surface area contributed by atoms with E-state index in [0.717, 1.165) is 31.2 Å². The fraction of sp³-hybridized carbons (Fsp3) is 0.500. The molecule has 0 saturated heterocycles. The number of hydrogen-bond donors (Lipinski definition) is 0. The normalized spacial score (nSPS) is 25.8. The van der Waals surface area contributed by atoms with Crippen molar-refractivity contribution < 1.29 is 4.39 Å². The quantitative estimate of drug-likeness (QED) is 0.652. The van der Waals surface area contributed by atoms with Gasteiger partial charge in [-0.15, -0.1) is 0 Å². The molecule has 1 aliphatic rings. The van der Waals surface area contributed by atoms with Crippen LogP contribution in [0.5, 0.6) is 0 Å². The van der Waals surface area contributed by atoms with Crippen molar-refractivity contribution in [3.63, 3.8) is 0 Å². The van der Waals surface area contributed by atoms with Gasteiger partial charge in [-0.1, -0.05) is 37.5 Å². The maximum absolute atomic E-state index is 13.7. The predicted octanol–water partition coefficient (Wildman–Crippen LogP) is 4.01. The molecule has 1 aromatic carbocycles. The van der Waals surface area contributed by atoms with Gasteiger partial charge in [0, 0.05) is 5.92 Å². The Kier molecular flexibility index (Phi) is 3.56. The fourth-order valence-corrected chi connectivity index (χ4v) is 2.61. The Morgan fingerprint density at radius 2 is 1.88 bits per heavy atom. The van der Waals surface area contributed by atoms with Gasteiger partial charge in [-0.05, 0) is 24.5 Å².